The predicted molar refractivity (Wildman–Crippen MR) is 184 cm³/mol. The first-order valence-electron chi connectivity index (χ1n) is 14.1. The molecule has 0 aliphatic carbocycles. The Bertz CT molecular complexity index is 2230. The molecule has 6 aromatic rings. The van der Waals surface area contributed by atoms with Gasteiger partial charge in [-0.25, -0.2) is 0 Å². The second kappa shape index (κ2) is 16.1. The first kappa shape index (κ1) is 35.7. The summed E-state index contributed by atoms with van der Waals surface area (Å²) in [6.45, 7) is 0. The maximum atomic E-state index is 11.2. The molecule has 0 saturated carbocycles. The van der Waals surface area contributed by atoms with Gasteiger partial charge in [0.2, 0.25) is 0 Å². The van der Waals surface area contributed by atoms with Gasteiger partial charge in [0.1, 0.15) is 4.90 Å². The molecule has 48 heavy (non-hydrogen) atoms. The van der Waals surface area contributed by atoms with Crippen molar-refractivity contribution in [2.24, 2.45) is 0 Å². The second-order valence-corrected chi connectivity index (χ2v) is 13.4. The van der Waals surface area contributed by atoms with Crippen molar-refractivity contribution >= 4 is 53.0 Å². The molecule has 0 amide bonds. The minimum absolute atomic E-state index is 0.174. The highest BCUT2D eigenvalue weighted by molar-refractivity contribution is 7.86. The first-order chi connectivity index (χ1) is 22.8. The van der Waals surface area contributed by atoms with Crippen LogP contribution in [0.15, 0.2) is 155 Å². The zero-order valence-corrected chi connectivity index (χ0v) is 27.5. The van der Waals surface area contributed by atoms with E-state index in [9.17, 15) is 16.8 Å². The van der Waals surface area contributed by atoms with Crippen LogP contribution in [-0.4, -0.2) is 38.6 Å². The third-order valence-electron chi connectivity index (χ3n) is 6.86. The zero-order chi connectivity index (χ0) is 34.7. The number of anilines is 2. The molecule has 6 aromatic carbocycles. The van der Waals surface area contributed by atoms with E-state index < -0.39 is 40.6 Å². The molecule has 10 nitrogen and oxygen atoms in total. The van der Waals surface area contributed by atoms with Crippen molar-refractivity contribution in [1.29, 1.82) is 0 Å². The van der Waals surface area contributed by atoms with Crippen LogP contribution in [0.3, 0.4) is 0 Å². The van der Waals surface area contributed by atoms with Gasteiger partial charge >= 0.3 is 10.6 Å². The predicted octanol–water partition coefficient (Wildman–Crippen LogP) is 7.02. The lowest BCUT2D eigenvalue weighted by Crippen LogP contribution is -2.04. The molecule has 0 aliphatic heterocycles. The highest BCUT2D eigenvalue weighted by Gasteiger charge is 2.19. The number of hydrogen-bond acceptors (Lipinski definition) is 8. The van der Waals surface area contributed by atoms with Gasteiger partial charge in [0.15, 0.2) is 0 Å². The molecule has 0 aromatic heterocycles. The maximum Gasteiger partial charge on any atom is 0.425 e. The SMILES string of the molecule is O=S(=O)(O)c1cc(S(=O)(=O)O)c2ccccc2c1.O=S(=O)=O.c1ccc(Cc2ccc(-c3ccc(Nc4ccccc4)cc3)cc2)cc1. The summed E-state index contributed by atoms with van der Waals surface area (Å²) in [5.41, 5.74) is 7.35. The minimum atomic E-state index is -4.59. The van der Waals surface area contributed by atoms with E-state index in [2.05, 4.69) is 96.3 Å². The van der Waals surface area contributed by atoms with E-state index in [1.165, 1.54) is 34.4 Å². The Balaban J connectivity index is 0.000000206. The highest BCUT2D eigenvalue weighted by atomic mass is 32.2. The first-order valence-corrected chi connectivity index (χ1v) is 18.0. The lowest BCUT2D eigenvalue weighted by molar-refractivity contribution is 0.482. The Morgan fingerprint density at radius 2 is 0.979 bits per heavy atom. The largest absolute Gasteiger partial charge is 0.425 e. The molecule has 0 saturated heterocycles. The molecule has 3 N–H and O–H groups in total. The molecule has 0 atom stereocenters. The van der Waals surface area contributed by atoms with Gasteiger partial charge in [-0.2, -0.15) is 16.8 Å². The van der Waals surface area contributed by atoms with E-state index in [1.807, 2.05) is 18.2 Å². The molecule has 13 heteroatoms. The number of fused-ring (bicyclic) bond motifs is 1. The van der Waals surface area contributed by atoms with E-state index in [0.29, 0.717) is 6.07 Å². The molecule has 0 heterocycles. The van der Waals surface area contributed by atoms with Gasteiger partial charge < -0.3 is 5.32 Å². The van der Waals surface area contributed by atoms with E-state index in [1.54, 1.807) is 12.1 Å². The van der Waals surface area contributed by atoms with E-state index in [0.717, 1.165) is 23.9 Å². The molecule has 0 fully saturated rings. The monoisotopic (exact) mass is 703 g/mol. The molecule has 0 radical (unpaired) electrons. The fourth-order valence-corrected chi connectivity index (χ4v) is 6.05. The van der Waals surface area contributed by atoms with Gasteiger partial charge in [-0.1, -0.05) is 109 Å². The summed E-state index contributed by atoms with van der Waals surface area (Å²) >= 11 is 0. The number of hydrogen-bond donors (Lipinski definition) is 3. The van der Waals surface area contributed by atoms with Crippen molar-refractivity contribution in [2.75, 3.05) is 5.32 Å². The standard InChI is InChI=1S/C25H21N.C10H8O6S2.O3S/c1-3-7-20(8-4-1)19-21-11-13-22(14-12-21)23-15-17-25(18-16-23)26-24-9-5-2-6-10-24;11-17(12,13)8-5-7-3-1-2-4-9(7)10(6-8)18(14,15)16;1-4(2)3/h1-18,26H,19H2;1-6H,(H,11,12,13)(H,14,15,16);. The quantitative estimate of drug-likeness (QED) is 0.147. The summed E-state index contributed by atoms with van der Waals surface area (Å²) in [5.74, 6) is 0. The summed E-state index contributed by atoms with van der Waals surface area (Å²) in [7, 11) is -12.3. The highest BCUT2D eigenvalue weighted by Crippen LogP contribution is 2.27. The van der Waals surface area contributed by atoms with Gasteiger partial charge in [-0.3, -0.25) is 9.11 Å². The Morgan fingerprint density at radius 1 is 0.521 bits per heavy atom. The van der Waals surface area contributed by atoms with Crippen molar-refractivity contribution in [1.82, 2.24) is 0 Å². The van der Waals surface area contributed by atoms with E-state index >= 15 is 0 Å². The lowest BCUT2D eigenvalue weighted by atomic mass is 10.0. The van der Waals surface area contributed by atoms with Crippen LogP contribution in [-0.2, 0) is 37.3 Å². The van der Waals surface area contributed by atoms with Gasteiger partial charge in [0.25, 0.3) is 20.2 Å². The van der Waals surface area contributed by atoms with Crippen LogP contribution in [0.2, 0.25) is 0 Å². The third-order valence-corrected chi connectivity index (χ3v) is 8.58. The topological polar surface area (TPSA) is 172 Å². The molecule has 0 unspecified atom stereocenters. The van der Waals surface area contributed by atoms with Gasteiger partial charge in [0, 0.05) is 16.8 Å². The average molecular weight is 704 g/mol. The Labute approximate surface area is 279 Å². The minimum Gasteiger partial charge on any atom is -0.356 e. The van der Waals surface area contributed by atoms with Crippen molar-refractivity contribution in [2.45, 2.75) is 16.2 Å². The molecule has 246 valence electrons. The third kappa shape index (κ3) is 10.7. The Morgan fingerprint density at radius 3 is 1.52 bits per heavy atom. The smallest absolute Gasteiger partial charge is 0.356 e. The summed E-state index contributed by atoms with van der Waals surface area (Å²) in [5, 5.41) is 3.87. The fraction of sp³-hybridized carbons (Fsp3) is 0.0286. The van der Waals surface area contributed by atoms with Crippen molar-refractivity contribution in [3.63, 3.8) is 0 Å². The van der Waals surface area contributed by atoms with Crippen LogP contribution in [0, 0.1) is 0 Å². The van der Waals surface area contributed by atoms with Gasteiger partial charge in [-0.05, 0) is 70.5 Å². The molecule has 0 spiro atoms. The van der Waals surface area contributed by atoms with Crippen LogP contribution in [0.25, 0.3) is 21.9 Å². The molecular formula is C35H29NO9S3. The van der Waals surface area contributed by atoms with Gasteiger partial charge in [0.05, 0.1) is 4.90 Å². The van der Waals surface area contributed by atoms with E-state index in [4.69, 9.17) is 21.7 Å². The van der Waals surface area contributed by atoms with Crippen LogP contribution < -0.4 is 5.32 Å². The number of nitrogens with one attached hydrogen (secondary N) is 1. The summed E-state index contributed by atoms with van der Waals surface area (Å²) in [4.78, 5) is -1.15. The Hall–Kier alpha value is -5.18. The maximum absolute atomic E-state index is 11.2. The van der Waals surface area contributed by atoms with Gasteiger partial charge in [-0.15, -0.1) is 12.6 Å². The van der Waals surface area contributed by atoms with Crippen LogP contribution in [0.4, 0.5) is 11.4 Å². The summed E-state index contributed by atoms with van der Waals surface area (Å²) in [6, 6.07) is 46.1. The second-order valence-electron chi connectivity index (χ2n) is 10.2. The lowest BCUT2D eigenvalue weighted by Gasteiger charge is -2.08. The van der Waals surface area contributed by atoms with Crippen LogP contribution >= 0.6 is 0 Å². The number of benzene rings is 6. The Kier molecular flexibility index (Phi) is 12.0. The summed E-state index contributed by atoms with van der Waals surface area (Å²) < 4.78 is 87.8. The van der Waals surface area contributed by atoms with Crippen molar-refractivity contribution < 1.29 is 38.6 Å². The summed E-state index contributed by atoms with van der Waals surface area (Å²) in [6.07, 6.45) is 0.973. The fourth-order valence-electron chi connectivity index (χ4n) is 4.69. The van der Waals surface area contributed by atoms with Crippen molar-refractivity contribution in [3.05, 3.63) is 157 Å². The molecular weight excluding hydrogens is 675 g/mol. The number of rotatable bonds is 7. The number of para-hydroxylation sites is 1. The van der Waals surface area contributed by atoms with Crippen LogP contribution in [0.1, 0.15) is 11.1 Å². The zero-order valence-electron chi connectivity index (χ0n) is 25.0. The molecule has 6 rings (SSSR count). The average Bonchev–Trinajstić information content (AvgIpc) is 3.05. The molecule has 0 aliphatic rings. The van der Waals surface area contributed by atoms with Crippen molar-refractivity contribution in [3.8, 4) is 11.1 Å². The molecule has 0 bridgehead atoms. The van der Waals surface area contributed by atoms with E-state index in [-0.39, 0.29) is 10.8 Å². The normalized spacial score (nSPS) is 11.0. The van der Waals surface area contributed by atoms with Crippen LogP contribution in [0.5, 0.6) is 0 Å².